The summed E-state index contributed by atoms with van der Waals surface area (Å²) in [6.07, 6.45) is 2.06. The lowest BCUT2D eigenvalue weighted by molar-refractivity contribution is -0.194. The molecule has 0 aliphatic carbocycles. The van der Waals surface area contributed by atoms with Crippen molar-refractivity contribution in [2.24, 2.45) is 0 Å². The number of amides is 5. The zero-order valence-corrected chi connectivity index (χ0v) is 52.6. The molecule has 5 heterocycles. The van der Waals surface area contributed by atoms with Crippen molar-refractivity contribution < 1.29 is 100 Å². The van der Waals surface area contributed by atoms with E-state index < -0.39 is 48.1 Å². The predicted molar refractivity (Wildman–Crippen MR) is 326 cm³/mol. The number of esters is 2. The molecule has 29 nitrogen and oxygen atoms in total. The Labute approximate surface area is 526 Å². The first-order chi connectivity index (χ1) is 43.6. The molecule has 4 aromatic rings. The van der Waals surface area contributed by atoms with Gasteiger partial charge in [-0.1, -0.05) is 26.0 Å². The Kier molecular flexibility index (Phi) is 33.7. The number of nitrogens with zero attached hydrogens (tertiary/aromatic N) is 5. The van der Waals surface area contributed by atoms with Crippen molar-refractivity contribution in [1.29, 1.82) is 0 Å². The number of ether oxygens (including phenoxy) is 10. The number of aromatic nitrogens is 3. The number of hydrogen-bond acceptors (Lipinski definition) is 26. The van der Waals surface area contributed by atoms with E-state index >= 15 is 0 Å². The molecule has 0 radical (unpaired) electrons. The van der Waals surface area contributed by atoms with Gasteiger partial charge in [-0.2, -0.15) is 0 Å². The molecule has 498 valence electrons. The number of methoxy groups -OCH3 is 2. The van der Waals surface area contributed by atoms with Crippen molar-refractivity contribution in [1.82, 2.24) is 35.8 Å². The molecule has 5 unspecified atom stereocenters. The van der Waals surface area contributed by atoms with Gasteiger partial charge in [-0.25, -0.2) is 19.7 Å². The smallest absolute Gasteiger partial charge is 0.460 e. The molecule has 90 heavy (non-hydrogen) atoms. The third-order valence-corrected chi connectivity index (χ3v) is 15.0. The third-order valence-electron chi connectivity index (χ3n) is 13.8. The Bertz CT molecular complexity index is 2890. The molecular weight excluding hydrogens is 1200 g/mol. The largest absolute Gasteiger partial charge is 0.513 e. The Hall–Kier alpha value is -7.16. The lowest BCUT2D eigenvalue weighted by Gasteiger charge is -2.27. The van der Waals surface area contributed by atoms with Gasteiger partial charge >= 0.3 is 18.1 Å². The van der Waals surface area contributed by atoms with Crippen molar-refractivity contribution >= 4 is 87.4 Å². The van der Waals surface area contributed by atoms with Crippen molar-refractivity contribution in [3.05, 3.63) is 42.6 Å². The minimum Gasteiger partial charge on any atom is -0.460 e. The number of thioether (sulfide) groups is 1. The van der Waals surface area contributed by atoms with E-state index in [0.717, 1.165) is 5.39 Å². The first-order valence-electron chi connectivity index (χ1n) is 30.1. The van der Waals surface area contributed by atoms with Gasteiger partial charge in [-0.05, 0) is 62.8 Å². The number of anilines is 1. The lowest BCUT2D eigenvalue weighted by atomic mass is 10.2. The van der Waals surface area contributed by atoms with Crippen molar-refractivity contribution in [2.45, 2.75) is 121 Å². The molecule has 2 aliphatic rings. The Morgan fingerprint density at radius 3 is 2.03 bits per heavy atom. The molecule has 0 spiro atoms. The number of aliphatic hydroxyl groups excluding tert-OH is 2. The number of fused-ring (bicyclic) bond motifs is 3. The molecule has 0 bridgehead atoms. The maximum atomic E-state index is 12.5. The molecule has 2 aliphatic heterocycles. The second kappa shape index (κ2) is 41.3. The third kappa shape index (κ3) is 25.6. The van der Waals surface area contributed by atoms with Crippen LogP contribution in [0.2, 0.25) is 0 Å². The average Bonchev–Trinajstić information content (AvgIpc) is 1.66. The summed E-state index contributed by atoms with van der Waals surface area (Å²) in [6.45, 7) is 6.94. The standard InChI is InChI=1S/C36H45N5O11.C24H41N3O10S/c1-3-25(22-42)50-30(46-2)23-49-29(44)13-7-12-28(43)37-14-4-5-18-48-36(45)51-26-10-6-9-24(21-26)33-39-31-27-11-8-15-38-35(27)52-32(31)34(40-33)41-16-19-47-20-17-41;1-4-17(15-28)37-23(34-3)16-36-22(32)7-5-6-20(30)26-9-13-38-18-14-21(31)27(24(18)33)10-12-35-11-8-19(29)25-2/h6,8-11,15,21,25,30,42H,3-5,7,12-14,16-20,22-23H2,1-2H3,(H,37,43);17-18,23,28H,4-16H2,1-3H3,(H,25,29)(H,26,30). The quantitative estimate of drug-likeness (QED) is 0.0106. The van der Waals surface area contributed by atoms with E-state index in [0.29, 0.717) is 118 Å². The summed E-state index contributed by atoms with van der Waals surface area (Å²) >= 11 is 1.31. The number of rotatable bonds is 40. The number of hydrogen-bond donors (Lipinski definition) is 5. The number of unbranched alkanes of at least 4 members (excludes halogenated alkanes) is 1. The van der Waals surface area contributed by atoms with Gasteiger partial charge in [0.2, 0.25) is 35.2 Å². The van der Waals surface area contributed by atoms with Crippen LogP contribution < -0.4 is 25.6 Å². The van der Waals surface area contributed by atoms with Gasteiger partial charge in [0.15, 0.2) is 29.8 Å². The van der Waals surface area contributed by atoms with Crippen LogP contribution in [0.3, 0.4) is 0 Å². The summed E-state index contributed by atoms with van der Waals surface area (Å²) in [5.41, 5.74) is 2.30. The Morgan fingerprint density at radius 2 is 1.41 bits per heavy atom. The van der Waals surface area contributed by atoms with Crippen LogP contribution in [0.15, 0.2) is 47.0 Å². The number of furan rings is 1. The number of benzene rings is 1. The van der Waals surface area contributed by atoms with Crippen molar-refractivity contribution in [3.63, 3.8) is 0 Å². The van der Waals surface area contributed by atoms with Gasteiger partial charge in [0, 0.05) is 103 Å². The van der Waals surface area contributed by atoms with E-state index in [9.17, 15) is 48.6 Å². The molecule has 2 saturated heterocycles. The van der Waals surface area contributed by atoms with Crippen LogP contribution in [0.25, 0.3) is 33.6 Å². The maximum Gasteiger partial charge on any atom is 0.513 e. The molecule has 30 heteroatoms. The zero-order chi connectivity index (χ0) is 65.0. The first kappa shape index (κ1) is 73.6. The summed E-state index contributed by atoms with van der Waals surface area (Å²) in [5, 5.41) is 26.7. The topological polar surface area (TPSA) is 364 Å². The van der Waals surface area contributed by atoms with Crippen LogP contribution in [0.1, 0.15) is 90.9 Å². The minimum absolute atomic E-state index is 0.0554. The van der Waals surface area contributed by atoms with Gasteiger partial charge in [0.25, 0.3) is 0 Å². The predicted octanol–water partition coefficient (Wildman–Crippen LogP) is 3.75. The highest BCUT2D eigenvalue weighted by molar-refractivity contribution is 8.00. The van der Waals surface area contributed by atoms with E-state index in [1.165, 1.54) is 37.9 Å². The van der Waals surface area contributed by atoms with Crippen LogP contribution in [-0.4, -0.2) is 227 Å². The van der Waals surface area contributed by atoms with Crippen molar-refractivity contribution in [3.8, 4) is 17.1 Å². The molecule has 0 saturated carbocycles. The van der Waals surface area contributed by atoms with Crippen LogP contribution in [0.5, 0.6) is 5.75 Å². The number of carbonyl (C=O) groups is 8. The summed E-state index contributed by atoms with van der Waals surface area (Å²) in [6, 6.07) is 10.6. The number of aliphatic hydroxyl groups is 2. The second-order valence-corrected chi connectivity index (χ2v) is 21.6. The fourth-order valence-corrected chi connectivity index (χ4v) is 9.73. The fourth-order valence-electron chi connectivity index (χ4n) is 8.70. The number of morpholine rings is 1. The summed E-state index contributed by atoms with van der Waals surface area (Å²) in [4.78, 5) is 114. The van der Waals surface area contributed by atoms with Gasteiger partial charge in [0.05, 0.1) is 75.6 Å². The van der Waals surface area contributed by atoms with Crippen LogP contribution >= 0.6 is 11.8 Å². The number of carbonyl (C=O) groups excluding carboxylic acids is 8. The molecule has 5 atom stereocenters. The van der Waals surface area contributed by atoms with Gasteiger partial charge in [-0.3, -0.25) is 38.5 Å². The van der Waals surface area contributed by atoms with E-state index in [4.69, 9.17) is 61.8 Å². The minimum atomic E-state index is -0.854. The molecule has 5 N–H and O–H groups in total. The zero-order valence-electron chi connectivity index (χ0n) is 51.8. The van der Waals surface area contributed by atoms with Gasteiger partial charge in [0.1, 0.15) is 24.5 Å². The highest BCUT2D eigenvalue weighted by atomic mass is 32.2. The van der Waals surface area contributed by atoms with E-state index in [1.807, 2.05) is 32.0 Å². The summed E-state index contributed by atoms with van der Waals surface area (Å²) < 4.78 is 59.0. The second-order valence-electron chi connectivity index (χ2n) is 20.3. The number of nitrogens with one attached hydrogen (secondary N) is 3. The Morgan fingerprint density at radius 1 is 0.756 bits per heavy atom. The molecular formula is C60H86N8O21S. The normalized spacial score (nSPS) is 15.3. The van der Waals surface area contributed by atoms with Crippen molar-refractivity contribution in [2.75, 3.05) is 124 Å². The summed E-state index contributed by atoms with van der Waals surface area (Å²) in [5.74, 6) is -0.255. The van der Waals surface area contributed by atoms with Crippen LogP contribution in [-0.2, 0) is 76.2 Å². The fraction of sp³-hybridized carbons (Fsp3) is 0.617. The molecule has 6 rings (SSSR count). The average molecular weight is 1290 g/mol. The molecule has 2 fully saturated rings. The highest BCUT2D eigenvalue weighted by Gasteiger charge is 2.38. The molecule has 1 aromatic carbocycles. The molecule has 3 aromatic heterocycles. The maximum absolute atomic E-state index is 12.5. The highest BCUT2D eigenvalue weighted by Crippen LogP contribution is 2.35. The monoisotopic (exact) mass is 1290 g/mol. The first-order valence-corrected chi connectivity index (χ1v) is 31.2. The number of likely N-dealkylation sites (tertiary alicyclic amines) is 1. The Balaban J connectivity index is 0.000000345. The SMILES string of the molecule is CCC(CO)OC(COC(=O)CCCC(=O)NCCCCOC(=O)Oc1cccc(-c2nc(N3CCOCC3)c3oc4ncccc4c3n2)c1)OC.CCC(CO)OC(COC(=O)CCCC(=O)NCCSC1CC(=O)N(CCOCCC(=O)NC)C1=O)OC. The molecule has 5 amide bonds. The number of pyridine rings is 1. The van der Waals surface area contributed by atoms with Gasteiger partial charge in [-0.15, -0.1) is 11.8 Å². The van der Waals surface area contributed by atoms with Crippen LogP contribution in [0, 0.1) is 0 Å². The summed E-state index contributed by atoms with van der Waals surface area (Å²) in [7, 11) is 4.37. The lowest BCUT2D eigenvalue weighted by Crippen LogP contribution is -2.37. The van der Waals surface area contributed by atoms with E-state index in [-0.39, 0.29) is 127 Å². The van der Waals surface area contributed by atoms with Gasteiger partial charge < -0.3 is 82.8 Å². The van der Waals surface area contributed by atoms with E-state index in [2.05, 4.69) is 25.8 Å². The number of imide groups is 1. The van der Waals surface area contributed by atoms with Crippen LogP contribution in [0.4, 0.5) is 10.6 Å². The van der Waals surface area contributed by atoms with E-state index in [1.54, 1.807) is 24.4 Å².